The molecule has 25 heavy (non-hydrogen) atoms. The van der Waals surface area contributed by atoms with Crippen molar-refractivity contribution in [2.24, 2.45) is 0 Å². The van der Waals surface area contributed by atoms with Crippen molar-refractivity contribution >= 4 is 29.3 Å². The fourth-order valence-corrected chi connectivity index (χ4v) is 3.00. The molecule has 138 valence electrons. The van der Waals surface area contributed by atoms with E-state index in [-0.39, 0.29) is 28.8 Å². The van der Waals surface area contributed by atoms with Gasteiger partial charge in [0.1, 0.15) is 0 Å². The number of benzene rings is 1. The SMILES string of the molecule is COC(=O)c1cc(NC(=O)N[C@@H]2CN(C(C)C)C[C@H]2OC)ccc1Cl. The number of rotatable bonds is 5. The van der Waals surface area contributed by atoms with Gasteiger partial charge in [0.2, 0.25) is 0 Å². The Kier molecular flexibility index (Phi) is 6.64. The molecule has 0 unspecified atom stereocenters. The second-order valence-electron chi connectivity index (χ2n) is 6.21. The Bertz CT molecular complexity index is 638. The van der Waals surface area contributed by atoms with Gasteiger partial charge in [0, 0.05) is 31.9 Å². The fourth-order valence-electron chi connectivity index (χ4n) is 2.81. The zero-order chi connectivity index (χ0) is 18.6. The van der Waals surface area contributed by atoms with Crippen molar-refractivity contribution in [2.75, 3.05) is 32.6 Å². The van der Waals surface area contributed by atoms with Crippen LogP contribution >= 0.6 is 11.6 Å². The molecule has 2 atom stereocenters. The highest BCUT2D eigenvalue weighted by atomic mass is 35.5. The number of urea groups is 1. The van der Waals surface area contributed by atoms with Crippen LogP contribution in [0, 0.1) is 0 Å². The van der Waals surface area contributed by atoms with Crippen LogP contribution in [0.2, 0.25) is 5.02 Å². The van der Waals surface area contributed by atoms with Crippen molar-refractivity contribution in [1.82, 2.24) is 10.2 Å². The van der Waals surface area contributed by atoms with Gasteiger partial charge in [0.05, 0.1) is 29.8 Å². The van der Waals surface area contributed by atoms with Crippen LogP contribution in [-0.2, 0) is 9.47 Å². The van der Waals surface area contributed by atoms with Gasteiger partial charge in [-0.2, -0.15) is 0 Å². The first-order valence-electron chi connectivity index (χ1n) is 8.08. The predicted octanol–water partition coefficient (Wildman–Crippen LogP) is 2.36. The van der Waals surface area contributed by atoms with Crippen LogP contribution < -0.4 is 10.6 Å². The number of carbonyl (C=O) groups is 2. The summed E-state index contributed by atoms with van der Waals surface area (Å²) >= 11 is 5.98. The smallest absolute Gasteiger partial charge is 0.339 e. The molecule has 2 rings (SSSR count). The number of methoxy groups -OCH3 is 2. The maximum Gasteiger partial charge on any atom is 0.339 e. The molecule has 2 amide bonds. The Balaban J connectivity index is 2.01. The Morgan fingerprint density at radius 2 is 2.00 bits per heavy atom. The normalized spacial score (nSPS) is 20.6. The van der Waals surface area contributed by atoms with E-state index in [0.717, 1.165) is 13.1 Å². The van der Waals surface area contributed by atoms with E-state index in [0.29, 0.717) is 11.7 Å². The minimum atomic E-state index is -0.558. The van der Waals surface area contributed by atoms with Crippen molar-refractivity contribution in [3.63, 3.8) is 0 Å². The molecule has 0 spiro atoms. The molecule has 1 aromatic carbocycles. The number of nitrogens with zero attached hydrogens (tertiary/aromatic N) is 1. The number of halogens is 1. The lowest BCUT2D eigenvalue weighted by molar-refractivity contribution is 0.0601. The first kappa shape index (κ1) is 19.5. The van der Waals surface area contributed by atoms with E-state index in [9.17, 15) is 9.59 Å². The van der Waals surface area contributed by atoms with Crippen molar-refractivity contribution in [2.45, 2.75) is 32.0 Å². The van der Waals surface area contributed by atoms with Crippen LogP contribution in [0.5, 0.6) is 0 Å². The van der Waals surface area contributed by atoms with Gasteiger partial charge in [-0.05, 0) is 32.0 Å². The van der Waals surface area contributed by atoms with E-state index >= 15 is 0 Å². The molecule has 1 saturated heterocycles. The number of ether oxygens (including phenoxy) is 2. The topological polar surface area (TPSA) is 79.9 Å². The number of nitrogens with one attached hydrogen (secondary N) is 2. The minimum absolute atomic E-state index is 0.0657. The maximum atomic E-state index is 12.3. The van der Waals surface area contributed by atoms with Crippen molar-refractivity contribution < 1.29 is 19.1 Å². The van der Waals surface area contributed by atoms with Crippen molar-refractivity contribution in [1.29, 1.82) is 0 Å². The number of likely N-dealkylation sites (tertiary alicyclic amines) is 1. The fraction of sp³-hybridized carbons (Fsp3) is 0.529. The number of anilines is 1. The summed E-state index contributed by atoms with van der Waals surface area (Å²) in [6.45, 7) is 5.71. The summed E-state index contributed by atoms with van der Waals surface area (Å²) in [5.74, 6) is -0.558. The molecule has 2 N–H and O–H groups in total. The number of esters is 1. The second-order valence-corrected chi connectivity index (χ2v) is 6.62. The van der Waals surface area contributed by atoms with Crippen molar-refractivity contribution in [3.8, 4) is 0 Å². The average Bonchev–Trinajstić information content (AvgIpc) is 2.99. The first-order chi connectivity index (χ1) is 11.8. The molecule has 0 saturated carbocycles. The second kappa shape index (κ2) is 8.51. The summed E-state index contributed by atoms with van der Waals surface area (Å²) in [4.78, 5) is 26.2. The Hall–Kier alpha value is -1.83. The van der Waals surface area contributed by atoms with Crippen LogP contribution in [0.4, 0.5) is 10.5 Å². The van der Waals surface area contributed by atoms with Gasteiger partial charge in [0.15, 0.2) is 0 Å². The Morgan fingerprint density at radius 3 is 2.60 bits per heavy atom. The van der Waals surface area contributed by atoms with Gasteiger partial charge >= 0.3 is 12.0 Å². The molecule has 1 aliphatic heterocycles. The van der Waals surface area contributed by atoms with E-state index in [1.54, 1.807) is 13.2 Å². The highest BCUT2D eigenvalue weighted by Crippen LogP contribution is 2.22. The lowest BCUT2D eigenvalue weighted by Gasteiger charge is -2.20. The lowest BCUT2D eigenvalue weighted by Crippen LogP contribution is -2.45. The molecule has 8 heteroatoms. The summed E-state index contributed by atoms with van der Waals surface area (Å²) in [5, 5.41) is 5.90. The molecule has 0 aromatic heterocycles. The third-order valence-electron chi connectivity index (χ3n) is 4.27. The molecule has 1 aromatic rings. The molecule has 1 fully saturated rings. The molecule has 1 aliphatic rings. The van der Waals surface area contributed by atoms with E-state index < -0.39 is 5.97 Å². The average molecular weight is 370 g/mol. The van der Waals surface area contributed by atoms with Crippen LogP contribution in [0.25, 0.3) is 0 Å². The first-order valence-corrected chi connectivity index (χ1v) is 8.45. The molecule has 0 bridgehead atoms. The van der Waals surface area contributed by atoms with Gasteiger partial charge in [-0.25, -0.2) is 9.59 Å². The quantitative estimate of drug-likeness (QED) is 0.779. The minimum Gasteiger partial charge on any atom is -0.465 e. The molecule has 1 heterocycles. The van der Waals surface area contributed by atoms with E-state index in [2.05, 4.69) is 34.1 Å². The summed E-state index contributed by atoms with van der Waals surface area (Å²) in [6, 6.07) is 4.55. The molecular weight excluding hydrogens is 346 g/mol. The van der Waals surface area contributed by atoms with Crippen LogP contribution in [0.1, 0.15) is 24.2 Å². The highest BCUT2D eigenvalue weighted by Gasteiger charge is 2.34. The number of hydrogen-bond donors (Lipinski definition) is 2. The van der Waals surface area contributed by atoms with Crippen LogP contribution in [0.3, 0.4) is 0 Å². The van der Waals surface area contributed by atoms with Gasteiger partial charge in [-0.1, -0.05) is 11.6 Å². The van der Waals surface area contributed by atoms with Gasteiger partial charge in [-0.3, -0.25) is 4.90 Å². The summed E-state index contributed by atoms with van der Waals surface area (Å²) < 4.78 is 10.1. The van der Waals surface area contributed by atoms with Gasteiger partial charge < -0.3 is 20.1 Å². The zero-order valence-electron chi connectivity index (χ0n) is 14.8. The predicted molar refractivity (Wildman–Crippen MR) is 96.2 cm³/mol. The van der Waals surface area contributed by atoms with Crippen LogP contribution in [-0.4, -0.2) is 62.4 Å². The number of amides is 2. The third-order valence-corrected chi connectivity index (χ3v) is 4.60. The molecule has 0 aliphatic carbocycles. The van der Waals surface area contributed by atoms with E-state index in [4.69, 9.17) is 16.3 Å². The van der Waals surface area contributed by atoms with Gasteiger partial charge in [0.25, 0.3) is 0 Å². The Labute approximate surface area is 152 Å². The summed E-state index contributed by atoms with van der Waals surface area (Å²) in [7, 11) is 2.92. The van der Waals surface area contributed by atoms with Crippen LogP contribution in [0.15, 0.2) is 18.2 Å². The van der Waals surface area contributed by atoms with E-state index in [1.807, 2.05) is 0 Å². The third kappa shape index (κ3) is 4.84. The van der Waals surface area contributed by atoms with Crippen molar-refractivity contribution in [3.05, 3.63) is 28.8 Å². The largest absolute Gasteiger partial charge is 0.465 e. The monoisotopic (exact) mass is 369 g/mol. The maximum absolute atomic E-state index is 12.3. The highest BCUT2D eigenvalue weighted by molar-refractivity contribution is 6.33. The summed E-state index contributed by atoms with van der Waals surface area (Å²) in [6.07, 6.45) is -0.0657. The lowest BCUT2D eigenvalue weighted by atomic mass is 10.2. The zero-order valence-corrected chi connectivity index (χ0v) is 15.6. The standard InChI is InChI=1S/C17H24ClN3O4/c1-10(2)21-8-14(15(9-21)24-3)20-17(23)19-11-5-6-13(18)12(7-11)16(22)25-4/h5-7,10,14-15H,8-9H2,1-4H3,(H2,19,20,23)/t14-,15-/m1/s1. The molecular formula is C17H24ClN3O4. The number of hydrogen-bond acceptors (Lipinski definition) is 5. The molecule has 7 nitrogen and oxygen atoms in total. The van der Waals surface area contributed by atoms with E-state index in [1.165, 1.54) is 19.2 Å². The van der Waals surface area contributed by atoms with Gasteiger partial charge in [-0.15, -0.1) is 0 Å². The Morgan fingerprint density at radius 1 is 1.28 bits per heavy atom. The summed E-state index contributed by atoms with van der Waals surface area (Å²) in [5.41, 5.74) is 0.651. The molecule has 0 radical (unpaired) electrons. The number of carbonyl (C=O) groups excluding carboxylic acids is 2.